The molecule has 0 aliphatic heterocycles. The van der Waals surface area contributed by atoms with E-state index in [0.717, 1.165) is 5.56 Å². The Bertz CT molecular complexity index is 546. The SMILES string of the molecule is COc1cccc(OC)c1Oc1ccc(C(C)N)cn1. The second kappa shape index (κ2) is 6.25. The molecule has 0 amide bonds. The summed E-state index contributed by atoms with van der Waals surface area (Å²) in [6.45, 7) is 1.90. The third-order valence-corrected chi connectivity index (χ3v) is 2.87. The summed E-state index contributed by atoms with van der Waals surface area (Å²) in [5, 5.41) is 0. The molecule has 1 aromatic carbocycles. The van der Waals surface area contributed by atoms with E-state index in [1.807, 2.05) is 19.1 Å². The minimum absolute atomic E-state index is 0.0580. The van der Waals surface area contributed by atoms with Gasteiger partial charge in [0.1, 0.15) is 0 Å². The van der Waals surface area contributed by atoms with Crippen molar-refractivity contribution < 1.29 is 14.2 Å². The lowest BCUT2D eigenvalue weighted by Gasteiger charge is -2.13. The lowest BCUT2D eigenvalue weighted by Crippen LogP contribution is -2.05. The number of aromatic nitrogens is 1. The molecule has 106 valence electrons. The molecule has 0 aliphatic carbocycles. The molecular formula is C15H18N2O3. The number of ether oxygens (including phenoxy) is 3. The number of hydrogen-bond donors (Lipinski definition) is 1. The smallest absolute Gasteiger partial charge is 0.219 e. The molecule has 0 aliphatic rings. The summed E-state index contributed by atoms with van der Waals surface area (Å²) in [5.41, 5.74) is 6.74. The molecule has 2 aromatic rings. The van der Waals surface area contributed by atoms with Crippen LogP contribution in [-0.2, 0) is 0 Å². The number of hydrogen-bond acceptors (Lipinski definition) is 5. The van der Waals surface area contributed by atoms with Crippen molar-refractivity contribution in [1.29, 1.82) is 0 Å². The van der Waals surface area contributed by atoms with Gasteiger partial charge in [0, 0.05) is 18.3 Å². The highest BCUT2D eigenvalue weighted by Crippen LogP contribution is 2.39. The summed E-state index contributed by atoms with van der Waals surface area (Å²) in [7, 11) is 3.16. The van der Waals surface area contributed by atoms with Gasteiger partial charge in [0.25, 0.3) is 0 Å². The topological polar surface area (TPSA) is 66.6 Å². The molecular weight excluding hydrogens is 256 g/mol. The Morgan fingerprint density at radius 2 is 1.70 bits per heavy atom. The molecule has 1 heterocycles. The molecule has 5 heteroatoms. The highest BCUT2D eigenvalue weighted by molar-refractivity contribution is 5.52. The van der Waals surface area contributed by atoms with Crippen molar-refractivity contribution in [3.8, 4) is 23.1 Å². The Kier molecular flexibility index (Phi) is 4.42. The number of rotatable bonds is 5. The number of pyridine rings is 1. The maximum Gasteiger partial charge on any atom is 0.219 e. The Labute approximate surface area is 118 Å². The van der Waals surface area contributed by atoms with Crippen molar-refractivity contribution >= 4 is 0 Å². The van der Waals surface area contributed by atoms with Gasteiger partial charge in [-0.05, 0) is 24.6 Å². The fourth-order valence-corrected chi connectivity index (χ4v) is 1.74. The Hall–Kier alpha value is -2.27. The first-order valence-electron chi connectivity index (χ1n) is 6.26. The maximum atomic E-state index is 5.79. The standard InChI is InChI=1S/C15H18N2O3/c1-10(16)11-7-8-14(17-9-11)20-15-12(18-2)5-4-6-13(15)19-3/h4-10H,16H2,1-3H3. The van der Waals surface area contributed by atoms with Crippen LogP contribution in [0.5, 0.6) is 23.1 Å². The predicted molar refractivity (Wildman–Crippen MR) is 76.5 cm³/mol. The van der Waals surface area contributed by atoms with Crippen molar-refractivity contribution in [3.05, 3.63) is 42.1 Å². The van der Waals surface area contributed by atoms with Crippen LogP contribution in [0.25, 0.3) is 0 Å². The molecule has 1 unspecified atom stereocenters. The molecule has 5 nitrogen and oxygen atoms in total. The Morgan fingerprint density at radius 3 is 2.15 bits per heavy atom. The zero-order valence-electron chi connectivity index (χ0n) is 11.8. The normalized spacial score (nSPS) is 11.8. The lowest BCUT2D eigenvalue weighted by atomic mass is 10.2. The largest absolute Gasteiger partial charge is 0.493 e. The molecule has 0 saturated heterocycles. The number of nitrogens with two attached hydrogens (primary N) is 1. The molecule has 1 atom stereocenters. The Morgan fingerprint density at radius 1 is 1.05 bits per heavy atom. The molecule has 2 N–H and O–H groups in total. The van der Waals surface area contributed by atoms with Gasteiger partial charge in [0.2, 0.25) is 11.6 Å². The van der Waals surface area contributed by atoms with Gasteiger partial charge in [-0.2, -0.15) is 0 Å². The van der Waals surface area contributed by atoms with Crippen molar-refractivity contribution in [2.45, 2.75) is 13.0 Å². The van der Waals surface area contributed by atoms with Crippen LogP contribution < -0.4 is 19.9 Å². The lowest BCUT2D eigenvalue weighted by molar-refractivity contribution is 0.342. The van der Waals surface area contributed by atoms with Crippen molar-refractivity contribution in [3.63, 3.8) is 0 Å². The van der Waals surface area contributed by atoms with E-state index in [-0.39, 0.29) is 6.04 Å². The van der Waals surface area contributed by atoms with E-state index in [2.05, 4.69) is 4.98 Å². The highest BCUT2D eigenvalue weighted by Gasteiger charge is 2.13. The molecule has 0 saturated carbocycles. The van der Waals surface area contributed by atoms with Gasteiger partial charge in [0.15, 0.2) is 11.5 Å². The summed E-state index contributed by atoms with van der Waals surface area (Å²) >= 11 is 0. The predicted octanol–water partition coefficient (Wildman–Crippen LogP) is 2.91. The Balaban J connectivity index is 2.29. The molecule has 0 bridgehead atoms. The van der Waals surface area contributed by atoms with E-state index in [1.54, 1.807) is 38.6 Å². The van der Waals surface area contributed by atoms with Crippen molar-refractivity contribution in [1.82, 2.24) is 4.98 Å². The molecule has 20 heavy (non-hydrogen) atoms. The molecule has 0 fully saturated rings. The van der Waals surface area contributed by atoms with Crippen LogP contribution in [0.1, 0.15) is 18.5 Å². The van der Waals surface area contributed by atoms with Crippen LogP contribution in [0.15, 0.2) is 36.5 Å². The van der Waals surface area contributed by atoms with Crippen LogP contribution in [0.3, 0.4) is 0 Å². The first-order chi connectivity index (χ1) is 9.65. The number of methoxy groups -OCH3 is 2. The fraction of sp³-hybridized carbons (Fsp3) is 0.267. The monoisotopic (exact) mass is 274 g/mol. The first-order valence-corrected chi connectivity index (χ1v) is 6.26. The molecule has 1 aromatic heterocycles. The summed E-state index contributed by atoms with van der Waals surface area (Å²) < 4.78 is 16.3. The van der Waals surface area contributed by atoms with Crippen LogP contribution in [0.2, 0.25) is 0 Å². The van der Waals surface area contributed by atoms with E-state index >= 15 is 0 Å². The average Bonchev–Trinajstić information content (AvgIpc) is 2.48. The van der Waals surface area contributed by atoms with Gasteiger partial charge in [-0.1, -0.05) is 12.1 Å². The molecule has 2 rings (SSSR count). The number of nitrogens with zero attached hydrogens (tertiary/aromatic N) is 1. The average molecular weight is 274 g/mol. The van der Waals surface area contributed by atoms with E-state index in [0.29, 0.717) is 23.1 Å². The second-order valence-corrected chi connectivity index (χ2v) is 4.31. The maximum absolute atomic E-state index is 5.79. The van der Waals surface area contributed by atoms with Crippen molar-refractivity contribution in [2.24, 2.45) is 5.73 Å². The van der Waals surface area contributed by atoms with E-state index in [1.165, 1.54) is 0 Å². The van der Waals surface area contributed by atoms with Gasteiger partial charge in [0.05, 0.1) is 14.2 Å². The van der Waals surface area contributed by atoms with E-state index in [4.69, 9.17) is 19.9 Å². The van der Waals surface area contributed by atoms with Crippen LogP contribution in [-0.4, -0.2) is 19.2 Å². The summed E-state index contributed by atoms with van der Waals surface area (Å²) in [6, 6.07) is 9.02. The van der Waals surface area contributed by atoms with Crippen LogP contribution in [0.4, 0.5) is 0 Å². The highest BCUT2D eigenvalue weighted by atomic mass is 16.5. The number of benzene rings is 1. The van der Waals surface area contributed by atoms with Gasteiger partial charge in [-0.3, -0.25) is 0 Å². The quantitative estimate of drug-likeness (QED) is 0.908. The first kappa shape index (κ1) is 14.1. The third-order valence-electron chi connectivity index (χ3n) is 2.87. The zero-order valence-corrected chi connectivity index (χ0v) is 11.8. The van der Waals surface area contributed by atoms with Gasteiger partial charge in [-0.15, -0.1) is 0 Å². The van der Waals surface area contributed by atoms with E-state index < -0.39 is 0 Å². The van der Waals surface area contributed by atoms with Crippen molar-refractivity contribution in [2.75, 3.05) is 14.2 Å². The van der Waals surface area contributed by atoms with Gasteiger partial charge < -0.3 is 19.9 Å². The number of para-hydroxylation sites is 1. The van der Waals surface area contributed by atoms with Gasteiger partial charge in [-0.25, -0.2) is 4.98 Å². The van der Waals surface area contributed by atoms with Gasteiger partial charge >= 0.3 is 0 Å². The summed E-state index contributed by atoms with van der Waals surface area (Å²) in [5.74, 6) is 2.13. The minimum Gasteiger partial charge on any atom is -0.493 e. The van der Waals surface area contributed by atoms with Crippen LogP contribution in [0, 0.1) is 0 Å². The minimum atomic E-state index is -0.0580. The summed E-state index contributed by atoms with van der Waals surface area (Å²) in [4.78, 5) is 4.23. The second-order valence-electron chi connectivity index (χ2n) is 4.31. The zero-order chi connectivity index (χ0) is 14.5. The molecule has 0 spiro atoms. The third kappa shape index (κ3) is 3.00. The van der Waals surface area contributed by atoms with E-state index in [9.17, 15) is 0 Å². The van der Waals surface area contributed by atoms with Crippen LogP contribution >= 0.6 is 0 Å². The fourth-order valence-electron chi connectivity index (χ4n) is 1.74. The molecule has 0 radical (unpaired) electrons. The summed E-state index contributed by atoms with van der Waals surface area (Å²) in [6.07, 6.45) is 1.70.